The van der Waals surface area contributed by atoms with Crippen molar-refractivity contribution in [2.75, 3.05) is 5.32 Å². The SMILES string of the molecule is C/C=C(C(=O)Nc1cccc(C)n1)/C(C)=C(/N)NC1(C)CC1. The summed E-state index contributed by atoms with van der Waals surface area (Å²) >= 11 is 0. The molecule has 0 aliphatic heterocycles. The van der Waals surface area contributed by atoms with Crippen LogP contribution >= 0.6 is 0 Å². The van der Waals surface area contributed by atoms with E-state index in [9.17, 15) is 4.79 Å². The predicted octanol–water partition coefficient (Wildman–Crippen LogP) is 2.61. The summed E-state index contributed by atoms with van der Waals surface area (Å²) in [5.41, 5.74) is 8.35. The number of aryl methyl sites for hydroxylation is 1. The van der Waals surface area contributed by atoms with Crippen LogP contribution in [0, 0.1) is 6.92 Å². The molecular weight excluding hydrogens is 276 g/mol. The zero-order valence-electron chi connectivity index (χ0n) is 13.7. The number of hydrogen-bond donors (Lipinski definition) is 3. The Kier molecular flexibility index (Phi) is 4.54. The maximum Gasteiger partial charge on any atom is 0.256 e. The lowest BCUT2D eigenvalue weighted by Crippen LogP contribution is -2.33. The summed E-state index contributed by atoms with van der Waals surface area (Å²) in [5.74, 6) is 0.891. The number of carbonyl (C=O) groups excluding carboxylic acids is 1. The smallest absolute Gasteiger partial charge is 0.256 e. The van der Waals surface area contributed by atoms with Crippen molar-refractivity contribution >= 4 is 11.7 Å². The Labute approximate surface area is 131 Å². The van der Waals surface area contributed by atoms with Crippen LogP contribution in [0.5, 0.6) is 0 Å². The maximum absolute atomic E-state index is 12.4. The Bertz CT molecular complexity index is 642. The normalized spacial score (nSPS) is 17.5. The van der Waals surface area contributed by atoms with Gasteiger partial charge < -0.3 is 16.4 Å². The van der Waals surface area contributed by atoms with Crippen molar-refractivity contribution in [2.24, 2.45) is 5.73 Å². The molecule has 0 spiro atoms. The number of nitrogens with two attached hydrogens (primary N) is 1. The molecule has 22 heavy (non-hydrogen) atoms. The van der Waals surface area contributed by atoms with Gasteiger partial charge in [-0.1, -0.05) is 12.1 Å². The second-order valence-electron chi connectivity index (χ2n) is 6.05. The van der Waals surface area contributed by atoms with E-state index in [-0.39, 0.29) is 11.4 Å². The maximum atomic E-state index is 12.4. The minimum atomic E-state index is -0.205. The fourth-order valence-electron chi connectivity index (χ4n) is 2.19. The monoisotopic (exact) mass is 300 g/mol. The number of aromatic nitrogens is 1. The lowest BCUT2D eigenvalue weighted by Gasteiger charge is -2.17. The average Bonchev–Trinajstić information content (AvgIpc) is 3.16. The number of pyridine rings is 1. The fraction of sp³-hybridized carbons (Fsp3) is 0.412. The van der Waals surface area contributed by atoms with Gasteiger partial charge in [-0.15, -0.1) is 0 Å². The lowest BCUT2D eigenvalue weighted by atomic mass is 10.1. The fourth-order valence-corrected chi connectivity index (χ4v) is 2.19. The summed E-state index contributed by atoms with van der Waals surface area (Å²) in [4.78, 5) is 16.7. The molecular formula is C17H24N4O. The van der Waals surface area contributed by atoms with Crippen molar-refractivity contribution in [3.8, 4) is 0 Å². The molecule has 0 atom stereocenters. The third kappa shape index (κ3) is 3.87. The first-order valence-electron chi connectivity index (χ1n) is 7.51. The molecule has 4 N–H and O–H groups in total. The third-order valence-corrected chi connectivity index (χ3v) is 3.91. The topological polar surface area (TPSA) is 80.0 Å². The summed E-state index contributed by atoms with van der Waals surface area (Å²) < 4.78 is 0. The Morgan fingerprint density at radius 3 is 2.64 bits per heavy atom. The molecule has 1 aliphatic rings. The van der Waals surface area contributed by atoms with Gasteiger partial charge in [0, 0.05) is 22.4 Å². The zero-order chi connectivity index (χ0) is 16.3. The second kappa shape index (κ2) is 6.22. The number of rotatable bonds is 5. The van der Waals surface area contributed by atoms with Gasteiger partial charge in [-0.25, -0.2) is 4.98 Å². The summed E-state index contributed by atoms with van der Waals surface area (Å²) in [6.07, 6.45) is 3.97. The molecule has 1 saturated carbocycles. The van der Waals surface area contributed by atoms with E-state index in [4.69, 9.17) is 5.73 Å². The van der Waals surface area contributed by atoms with E-state index >= 15 is 0 Å². The van der Waals surface area contributed by atoms with Crippen molar-refractivity contribution < 1.29 is 4.79 Å². The van der Waals surface area contributed by atoms with E-state index in [0.29, 0.717) is 17.2 Å². The number of hydrogen-bond acceptors (Lipinski definition) is 4. The molecule has 2 rings (SSSR count). The van der Waals surface area contributed by atoms with Crippen molar-refractivity contribution in [3.05, 3.63) is 46.9 Å². The molecule has 5 heteroatoms. The number of carbonyl (C=O) groups is 1. The predicted molar refractivity (Wildman–Crippen MR) is 89.0 cm³/mol. The van der Waals surface area contributed by atoms with Crippen LogP contribution in [0.1, 0.15) is 39.3 Å². The van der Waals surface area contributed by atoms with E-state index < -0.39 is 0 Å². The van der Waals surface area contributed by atoms with Gasteiger partial charge in [-0.05, 0) is 52.7 Å². The number of nitrogens with one attached hydrogen (secondary N) is 2. The number of amides is 1. The molecule has 5 nitrogen and oxygen atoms in total. The van der Waals surface area contributed by atoms with Gasteiger partial charge in [-0.2, -0.15) is 0 Å². The van der Waals surface area contributed by atoms with Gasteiger partial charge >= 0.3 is 0 Å². The summed E-state index contributed by atoms with van der Waals surface area (Å²) in [7, 11) is 0. The molecule has 1 aromatic heterocycles. The molecule has 0 radical (unpaired) electrons. The first kappa shape index (κ1) is 16.1. The highest BCUT2D eigenvalue weighted by atomic mass is 16.1. The zero-order valence-corrected chi connectivity index (χ0v) is 13.7. The highest BCUT2D eigenvalue weighted by Gasteiger charge is 2.37. The van der Waals surface area contributed by atoms with Gasteiger partial charge in [0.25, 0.3) is 5.91 Å². The summed E-state index contributed by atoms with van der Waals surface area (Å²) in [6, 6.07) is 5.51. The molecule has 1 aliphatic carbocycles. The molecule has 0 bridgehead atoms. The van der Waals surface area contributed by atoms with Crippen molar-refractivity contribution in [2.45, 2.75) is 46.1 Å². The minimum Gasteiger partial charge on any atom is -0.385 e. The van der Waals surface area contributed by atoms with E-state index in [1.807, 2.05) is 32.9 Å². The van der Waals surface area contributed by atoms with Crippen LogP contribution in [0.2, 0.25) is 0 Å². The van der Waals surface area contributed by atoms with Crippen molar-refractivity contribution in [1.82, 2.24) is 10.3 Å². The first-order chi connectivity index (χ1) is 10.3. The molecule has 0 saturated heterocycles. The highest BCUT2D eigenvalue weighted by Crippen LogP contribution is 2.35. The van der Waals surface area contributed by atoms with E-state index in [1.165, 1.54) is 0 Å². The van der Waals surface area contributed by atoms with Crippen molar-refractivity contribution in [3.63, 3.8) is 0 Å². The van der Waals surface area contributed by atoms with Crippen LogP contribution in [0.4, 0.5) is 5.82 Å². The first-order valence-corrected chi connectivity index (χ1v) is 7.51. The standard InChI is InChI=1S/C17H24N4O/c1-5-13(12(3)15(18)21-17(4)9-10-17)16(22)20-14-8-6-7-11(2)19-14/h5-8,21H,9-10,18H2,1-4H3,(H,19,20,22)/b13-5-,15-12-. The van der Waals surface area contributed by atoms with Crippen molar-refractivity contribution in [1.29, 1.82) is 0 Å². The van der Waals surface area contributed by atoms with Gasteiger partial charge in [0.1, 0.15) is 11.6 Å². The van der Waals surface area contributed by atoms with E-state index in [1.54, 1.807) is 12.1 Å². The third-order valence-electron chi connectivity index (χ3n) is 3.91. The Morgan fingerprint density at radius 2 is 2.09 bits per heavy atom. The average molecular weight is 300 g/mol. The Balaban J connectivity index is 2.13. The van der Waals surface area contributed by atoms with Crippen LogP contribution in [0.25, 0.3) is 0 Å². The molecule has 0 unspecified atom stereocenters. The number of anilines is 1. The van der Waals surface area contributed by atoms with E-state index in [0.717, 1.165) is 24.1 Å². The van der Waals surface area contributed by atoms with Crippen LogP contribution < -0.4 is 16.4 Å². The molecule has 1 fully saturated rings. The Morgan fingerprint density at radius 1 is 1.41 bits per heavy atom. The van der Waals surface area contributed by atoms with Gasteiger partial charge in [-0.3, -0.25) is 4.79 Å². The highest BCUT2D eigenvalue weighted by molar-refractivity contribution is 6.06. The summed E-state index contributed by atoms with van der Waals surface area (Å²) in [6.45, 7) is 7.69. The van der Waals surface area contributed by atoms with Gasteiger partial charge in [0.05, 0.1) is 0 Å². The molecule has 1 amide bonds. The quantitative estimate of drug-likeness (QED) is 0.577. The van der Waals surface area contributed by atoms with Crippen LogP contribution in [0.3, 0.4) is 0 Å². The number of allylic oxidation sites excluding steroid dienone is 1. The largest absolute Gasteiger partial charge is 0.385 e. The minimum absolute atomic E-state index is 0.0821. The number of nitrogens with zero attached hydrogens (tertiary/aromatic N) is 1. The molecule has 118 valence electrons. The van der Waals surface area contributed by atoms with Gasteiger partial charge in [0.2, 0.25) is 0 Å². The lowest BCUT2D eigenvalue weighted by molar-refractivity contribution is -0.112. The van der Waals surface area contributed by atoms with Crippen LogP contribution in [-0.2, 0) is 4.79 Å². The van der Waals surface area contributed by atoms with Crippen LogP contribution in [0.15, 0.2) is 41.2 Å². The Hall–Kier alpha value is -2.30. The van der Waals surface area contributed by atoms with Crippen LogP contribution in [-0.4, -0.2) is 16.4 Å². The van der Waals surface area contributed by atoms with E-state index in [2.05, 4.69) is 22.5 Å². The molecule has 1 heterocycles. The summed E-state index contributed by atoms with van der Waals surface area (Å²) in [5, 5.41) is 6.11. The second-order valence-corrected chi connectivity index (χ2v) is 6.05. The molecule has 1 aromatic rings. The molecule has 0 aromatic carbocycles. The van der Waals surface area contributed by atoms with Gasteiger partial charge in [0.15, 0.2) is 0 Å².